The van der Waals surface area contributed by atoms with E-state index < -0.39 is 0 Å². The van der Waals surface area contributed by atoms with Gasteiger partial charge in [-0.3, -0.25) is 0 Å². The van der Waals surface area contributed by atoms with Crippen LogP contribution in [0.15, 0.2) is 0 Å². The van der Waals surface area contributed by atoms with Crippen LogP contribution < -0.4 is 5.32 Å². The van der Waals surface area contributed by atoms with Gasteiger partial charge in [-0.05, 0) is 26.3 Å². The molecule has 2 aliphatic rings. The SMILES string of the molecule is CC(C)NCC1(CN(C)C2CCCCC2)CCOC1. The van der Waals surface area contributed by atoms with Crippen molar-refractivity contribution in [2.45, 2.75) is 64.5 Å². The average Bonchev–Trinajstić information content (AvgIpc) is 2.86. The second-order valence-electron chi connectivity index (χ2n) is 7.05. The molecular formula is C16H32N2O. The van der Waals surface area contributed by atoms with Crippen LogP contribution in [-0.4, -0.2) is 50.3 Å². The van der Waals surface area contributed by atoms with Crippen LogP contribution in [0.25, 0.3) is 0 Å². The van der Waals surface area contributed by atoms with Gasteiger partial charge in [0.1, 0.15) is 0 Å². The molecule has 1 unspecified atom stereocenters. The van der Waals surface area contributed by atoms with Crippen molar-refractivity contribution in [1.29, 1.82) is 0 Å². The summed E-state index contributed by atoms with van der Waals surface area (Å²) in [5.41, 5.74) is 0.344. The van der Waals surface area contributed by atoms with Crippen molar-refractivity contribution in [2.24, 2.45) is 5.41 Å². The molecule has 1 heterocycles. The average molecular weight is 268 g/mol. The molecule has 19 heavy (non-hydrogen) atoms. The van der Waals surface area contributed by atoms with Crippen molar-refractivity contribution in [2.75, 3.05) is 33.4 Å². The summed E-state index contributed by atoms with van der Waals surface area (Å²) in [5.74, 6) is 0. The van der Waals surface area contributed by atoms with E-state index in [0.29, 0.717) is 11.5 Å². The number of ether oxygens (including phenoxy) is 1. The Hall–Kier alpha value is -0.120. The van der Waals surface area contributed by atoms with Crippen LogP contribution in [0.1, 0.15) is 52.4 Å². The van der Waals surface area contributed by atoms with Crippen LogP contribution in [0.3, 0.4) is 0 Å². The molecule has 1 saturated heterocycles. The maximum absolute atomic E-state index is 5.71. The van der Waals surface area contributed by atoms with E-state index in [1.54, 1.807) is 0 Å². The zero-order valence-corrected chi connectivity index (χ0v) is 13.1. The highest BCUT2D eigenvalue weighted by Gasteiger charge is 2.37. The largest absolute Gasteiger partial charge is 0.381 e. The van der Waals surface area contributed by atoms with Gasteiger partial charge in [-0.25, -0.2) is 0 Å². The second kappa shape index (κ2) is 7.05. The zero-order chi connectivity index (χ0) is 13.7. The third-order valence-electron chi connectivity index (χ3n) is 4.85. The number of nitrogens with zero attached hydrogens (tertiary/aromatic N) is 1. The topological polar surface area (TPSA) is 24.5 Å². The molecule has 1 atom stereocenters. The van der Waals surface area contributed by atoms with E-state index in [1.807, 2.05) is 0 Å². The van der Waals surface area contributed by atoms with Crippen molar-refractivity contribution in [1.82, 2.24) is 10.2 Å². The van der Waals surface area contributed by atoms with E-state index in [-0.39, 0.29) is 0 Å². The molecule has 1 N–H and O–H groups in total. The lowest BCUT2D eigenvalue weighted by Gasteiger charge is -2.38. The van der Waals surface area contributed by atoms with E-state index in [1.165, 1.54) is 45.1 Å². The number of rotatable bonds is 6. The molecule has 0 aromatic heterocycles. The fourth-order valence-electron chi connectivity index (χ4n) is 3.57. The minimum atomic E-state index is 0.344. The summed E-state index contributed by atoms with van der Waals surface area (Å²) in [6.45, 7) is 8.63. The van der Waals surface area contributed by atoms with Crippen molar-refractivity contribution in [3.8, 4) is 0 Å². The molecule has 3 nitrogen and oxygen atoms in total. The fraction of sp³-hybridized carbons (Fsp3) is 1.00. The first-order valence-corrected chi connectivity index (χ1v) is 8.13. The summed E-state index contributed by atoms with van der Waals surface area (Å²) in [7, 11) is 2.32. The van der Waals surface area contributed by atoms with Gasteiger partial charge in [0.2, 0.25) is 0 Å². The monoisotopic (exact) mass is 268 g/mol. The molecule has 2 rings (SSSR count). The van der Waals surface area contributed by atoms with Gasteiger partial charge < -0.3 is 15.0 Å². The summed E-state index contributed by atoms with van der Waals surface area (Å²) in [4.78, 5) is 2.62. The fourth-order valence-corrected chi connectivity index (χ4v) is 3.57. The normalized spacial score (nSPS) is 29.5. The first-order chi connectivity index (χ1) is 9.11. The zero-order valence-electron chi connectivity index (χ0n) is 13.1. The molecule has 0 bridgehead atoms. The van der Waals surface area contributed by atoms with Crippen molar-refractivity contribution in [3.05, 3.63) is 0 Å². The lowest BCUT2D eigenvalue weighted by atomic mass is 9.84. The van der Waals surface area contributed by atoms with Gasteiger partial charge in [0.05, 0.1) is 6.61 Å². The van der Waals surface area contributed by atoms with Gasteiger partial charge in [-0.15, -0.1) is 0 Å². The van der Waals surface area contributed by atoms with Crippen LogP contribution in [0.5, 0.6) is 0 Å². The molecule has 1 saturated carbocycles. The van der Waals surface area contributed by atoms with Gasteiger partial charge in [0.15, 0.2) is 0 Å². The molecule has 1 aliphatic carbocycles. The molecule has 0 aromatic carbocycles. The van der Waals surface area contributed by atoms with E-state index >= 15 is 0 Å². The predicted octanol–water partition coefficient (Wildman–Crippen LogP) is 2.66. The van der Waals surface area contributed by atoms with Gasteiger partial charge in [-0.1, -0.05) is 33.1 Å². The number of nitrogens with one attached hydrogen (secondary N) is 1. The standard InChI is InChI=1S/C16H32N2O/c1-14(2)17-11-16(9-10-19-13-16)12-18(3)15-7-5-4-6-8-15/h14-15,17H,4-13H2,1-3H3. The van der Waals surface area contributed by atoms with E-state index in [0.717, 1.165) is 25.8 Å². The Labute approximate surface area is 119 Å². The smallest absolute Gasteiger partial charge is 0.0547 e. The van der Waals surface area contributed by atoms with Crippen LogP contribution in [0.2, 0.25) is 0 Å². The Balaban J connectivity index is 1.87. The molecule has 2 fully saturated rings. The van der Waals surface area contributed by atoms with Crippen LogP contribution in [0.4, 0.5) is 0 Å². The van der Waals surface area contributed by atoms with Gasteiger partial charge in [0.25, 0.3) is 0 Å². The predicted molar refractivity (Wildman–Crippen MR) is 80.5 cm³/mol. The number of hydrogen-bond donors (Lipinski definition) is 1. The summed E-state index contributed by atoms with van der Waals surface area (Å²) in [6.07, 6.45) is 8.28. The minimum absolute atomic E-state index is 0.344. The van der Waals surface area contributed by atoms with Crippen LogP contribution in [-0.2, 0) is 4.74 Å². The van der Waals surface area contributed by atoms with E-state index in [2.05, 4.69) is 31.1 Å². The Morgan fingerprint density at radius 2 is 2.00 bits per heavy atom. The maximum Gasteiger partial charge on any atom is 0.0547 e. The van der Waals surface area contributed by atoms with Crippen molar-refractivity contribution in [3.63, 3.8) is 0 Å². The lowest BCUT2D eigenvalue weighted by molar-refractivity contribution is 0.0878. The Morgan fingerprint density at radius 3 is 2.58 bits per heavy atom. The summed E-state index contributed by atoms with van der Waals surface area (Å²) in [6, 6.07) is 1.38. The first-order valence-electron chi connectivity index (χ1n) is 8.13. The molecular weight excluding hydrogens is 236 g/mol. The third kappa shape index (κ3) is 4.44. The minimum Gasteiger partial charge on any atom is -0.381 e. The number of hydrogen-bond acceptors (Lipinski definition) is 3. The second-order valence-corrected chi connectivity index (χ2v) is 7.05. The molecule has 0 spiro atoms. The van der Waals surface area contributed by atoms with Crippen LogP contribution >= 0.6 is 0 Å². The maximum atomic E-state index is 5.71. The lowest BCUT2D eigenvalue weighted by Crippen LogP contribution is -2.48. The highest BCUT2D eigenvalue weighted by Crippen LogP contribution is 2.31. The van der Waals surface area contributed by atoms with Gasteiger partial charge >= 0.3 is 0 Å². The molecule has 1 aliphatic heterocycles. The van der Waals surface area contributed by atoms with Crippen molar-refractivity contribution < 1.29 is 4.74 Å². The molecule has 0 amide bonds. The molecule has 112 valence electrons. The van der Waals surface area contributed by atoms with Gasteiger partial charge in [-0.2, -0.15) is 0 Å². The molecule has 0 aromatic rings. The summed E-state index contributed by atoms with van der Waals surface area (Å²) < 4.78 is 5.71. The molecule has 0 radical (unpaired) electrons. The summed E-state index contributed by atoms with van der Waals surface area (Å²) in [5, 5.41) is 3.63. The highest BCUT2D eigenvalue weighted by atomic mass is 16.5. The highest BCUT2D eigenvalue weighted by molar-refractivity contribution is 4.90. The van der Waals surface area contributed by atoms with Gasteiger partial charge in [0, 0.05) is 37.2 Å². The van der Waals surface area contributed by atoms with Crippen molar-refractivity contribution >= 4 is 0 Å². The Bertz CT molecular complexity index is 255. The van der Waals surface area contributed by atoms with E-state index in [9.17, 15) is 0 Å². The first kappa shape index (κ1) is 15.3. The Kier molecular flexibility index (Phi) is 5.67. The quantitative estimate of drug-likeness (QED) is 0.801. The summed E-state index contributed by atoms with van der Waals surface area (Å²) >= 11 is 0. The Morgan fingerprint density at radius 1 is 1.26 bits per heavy atom. The third-order valence-corrected chi connectivity index (χ3v) is 4.85. The van der Waals surface area contributed by atoms with E-state index in [4.69, 9.17) is 4.74 Å². The van der Waals surface area contributed by atoms with Crippen LogP contribution in [0, 0.1) is 5.41 Å². The molecule has 3 heteroatoms.